The third-order valence-electron chi connectivity index (χ3n) is 3.38. The number of anilines is 1. The van der Waals surface area contributed by atoms with Crippen molar-refractivity contribution in [1.29, 1.82) is 0 Å². The molecule has 0 atom stereocenters. The average molecular weight is 299 g/mol. The highest BCUT2D eigenvalue weighted by molar-refractivity contribution is 9.10. The van der Waals surface area contributed by atoms with Gasteiger partial charge in [0.15, 0.2) is 0 Å². The van der Waals surface area contributed by atoms with Gasteiger partial charge >= 0.3 is 0 Å². The maximum Gasteiger partial charge on any atom is 0.0702 e. The van der Waals surface area contributed by atoms with Crippen LogP contribution >= 0.6 is 15.9 Å². The predicted molar refractivity (Wildman–Crippen MR) is 74.4 cm³/mol. The second-order valence-electron chi connectivity index (χ2n) is 4.35. The second kappa shape index (κ2) is 5.85. The van der Waals surface area contributed by atoms with Crippen LogP contribution in [0.3, 0.4) is 0 Å². The van der Waals surface area contributed by atoms with Crippen molar-refractivity contribution in [2.75, 3.05) is 37.6 Å². The van der Waals surface area contributed by atoms with Crippen LogP contribution in [0.2, 0.25) is 0 Å². The van der Waals surface area contributed by atoms with Crippen molar-refractivity contribution in [2.45, 2.75) is 13.5 Å². The van der Waals surface area contributed by atoms with Crippen molar-refractivity contribution in [3.05, 3.63) is 28.2 Å². The van der Waals surface area contributed by atoms with Crippen molar-refractivity contribution in [3.8, 4) is 0 Å². The normalized spacial score (nSPS) is 17.5. The molecule has 0 bridgehead atoms. The quantitative estimate of drug-likeness (QED) is 0.926. The van der Waals surface area contributed by atoms with Crippen LogP contribution in [0.5, 0.6) is 0 Å². The van der Waals surface area contributed by atoms with Gasteiger partial charge in [-0.15, -0.1) is 0 Å². The van der Waals surface area contributed by atoms with E-state index in [0.717, 1.165) is 48.4 Å². The second-order valence-corrected chi connectivity index (χ2v) is 5.27. The zero-order chi connectivity index (χ0) is 12.3. The lowest BCUT2D eigenvalue weighted by Gasteiger charge is -2.36. The fourth-order valence-electron chi connectivity index (χ4n) is 2.27. The fraction of sp³-hybridized carbons (Fsp3) is 0.538. The molecular formula is C13H19BrN2O. The van der Waals surface area contributed by atoms with Gasteiger partial charge in [-0.05, 0) is 18.7 Å². The van der Waals surface area contributed by atoms with E-state index in [-0.39, 0.29) is 6.61 Å². The van der Waals surface area contributed by atoms with Gasteiger partial charge in [-0.2, -0.15) is 0 Å². The molecule has 4 heteroatoms. The molecule has 0 aliphatic carbocycles. The molecule has 1 aromatic carbocycles. The Kier molecular flexibility index (Phi) is 4.42. The molecular weight excluding hydrogens is 280 g/mol. The number of piperazine rings is 1. The number of halogens is 1. The van der Waals surface area contributed by atoms with Crippen LogP contribution < -0.4 is 4.90 Å². The monoisotopic (exact) mass is 298 g/mol. The first-order valence-electron chi connectivity index (χ1n) is 6.11. The summed E-state index contributed by atoms with van der Waals surface area (Å²) in [5.74, 6) is 0. The Balaban J connectivity index is 2.14. The van der Waals surface area contributed by atoms with E-state index in [0.29, 0.717) is 0 Å². The largest absolute Gasteiger partial charge is 0.392 e. The standard InChI is InChI=1S/C13H19BrN2O/c1-2-15-5-7-16(8-6-15)13-9-12(14)4-3-11(13)10-17/h3-4,9,17H,2,5-8,10H2,1H3. The maximum atomic E-state index is 9.39. The summed E-state index contributed by atoms with van der Waals surface area (Å²) in [5.41, 5.74) is 2.18. The summed E-state index contributed by atoms with van der Waals surface area (Å²) in [5, 5.41) is 9.39. The van der Waals surface area contributed by atoms with Gasteiger partial charge < -0.3 is 14.9 Å². The van der Waals surface area contributed by atoms with Crippen molar-refractivity contribution >= 4 is 21.6 Å². The summed E-state index contributed by atoms with van der Waals surface area (Å²) in [7, 11) is 0. The van der Waals surface area contributed by atoms with Gasteiger partial charge in [-0.1, -0.05) is 28.9 Å². The van der Waals surface area contributed by atoms with Crippen LogP contribution in [0.1, 0.15) is 12.5 Å². The molecule has 1 N–H and O–H groups in total. The van der Waals surface area contributed by atoms with Gasteiger partial charge in [0.2, 0.25) is 0 Å². The third kappa shape index (κ3) is 3.00. The van der Waals surface area contributed by atoms with Crippen LogP contribution in [-0.2, 0) is 6.61 Å². The Labute approximate surface area is 111 Å². The molecule has 0 aromatic heterocycles. The Morgan fingerprint density at radius 2 is 1.94 bits per heavy atom. The molecule has 0 radical (unpaired) electrons. The van der Waals surface area contributed by atoms with Crippen LogP contribution in [0, 0.1) is 0 Å². The first-order chi connectivity index (χ1) is 8.24. The Bertz CT molecular complexity index is 376. The minimum Gasteiger partial charge on any atom is -0.392 e. The van der Waals surface area contributed by atoms with Crippen molar-refractivity contribution in [2.24, 2.45) is 0 Å². The molecule has 1 heterocycles. The van der Waals surface area contributed by atoms with Gasteiger partial charge in [0, 0.05) is 41.9 Å². The molecule has 1 aromatic rings. The molecule has 2 rings (SSSR count). The van der Waals surface area contributed by atoms with Gasteiger partial charge in [-0.25, -0.2) is 0 Å². The van der Waals surface area contributed by atoms with Crippen molar-refractivity contribution in [3.63, 3.8) is 0 Å². The van der Waals surface area contributed by atoms with Crippen molar-refractivity contribution in [1.82, 2.24) is 4.90 Å². The number of hydrogen-bond donors (Lipinski definition) is 1. The minimum absolute atomic E-state index is 0.108. The zero-order valence-electron chi connectivity index (χ0n) is 10.2. The number of nitrogens with zero attached hydrogens (tertiary/aromatic N) is 2. The molecule has 1 aliphatic heterocycles. The fourth-order valence-corrected chi connectivity index (χ4v) is 2.62. The average Bonchev–Trinajstić information content (AvgIpc) is 2.39. The number of likely N-dealkylation sites (N-methyl/N-ethyl adjacent to an activating group) is 1. The van der Waals surface area contributed by atoms with E-state index in [1.165, 1.54) is 0 Å². The highest BCUT2D eigenvalue weighted by atomic mass is 79.9. The van der Waals surface area contributed by atoms with E-state index in [9.17, 15) is 5.11 Å². The lowest BCUT2D eigenvalue weighted by atomic mass is 10.1. The summed E-state index contributed by atoms with van der Waals surface area (Å²) < 4.78 is 1.07. The molecule has 0 spiro atoms. The van der Waals surface area contributed by atoms with Gasteiger partial charge in [0.05, 0.1) is 6.61 Å². The van der Waals surface area contributed by atoms with Gasteiger partial charge in [0.1, 0.15) is 0 Å². The van der Waals surface area contributed by atoms with E-state index in [2.05, 4.69) is 38.7 Å². The number of aliphatic hydroxyl groups excluding tert-OH is 1. The first-order valence-corrected chi connectivity index (χ1v) is 6.90. The minimum atomic E-state index is 0.108. The Morgan fingerprint density at radius 3 is 2.53 bits per heavy atom. The van der Waals surface area contributed by atoms with E-state index >= 15 is 0 Å². The summed E-state index contributed by atoms with van der Waals surface area (Å²) in [6.45, 7) is 7.72. The van der Waals surface area contributed by atoms with Crippen molar-refractivity contribution < 1.29 is 5.11 Å². The SMILES string of the molecule is CCN1CCN(c2cc(Br)ccc2CO)CC1. The first kappa shape index (κ1) is 12.9. The van der Waals surface area contributed by atoms with Gasteiger partial charge in [-0.3, -0.25) is 0 Å². The number of rotatable bonds is 3. The van der Waals surface area contributed by atoms with Crippen LogP contribution in [0.4, 0.5) is 5.69 Å². The zero-order valence-corrected chi connectivity index (χ0v) is 11.8. The molecule has 1 aliphatic rings. The highest BCUT2D eigenvalue weighted by Gasteiger charge is 2.18. The molecule has 0 saturated carbocycles. The lowest BCUT2D eigenvalue weighted by Crippen LogP contribution is -2.46. The molecule has 94 valence electrons. The highest BCUT2D eigenvalue weighted by Crippen LogP contribution is 2.26. The summed E-state index contributed by atoms with van der Waals surface area (Å²) in [6.07, 6.45) is 0. The molecule has 0 unspecified atom stereocenters. The molecule has 17 heavy (non-hydrogen) atoms. The van der Waals surface area contributed by atoms with Crippen LogP contribution in [0.15, 0.2) is 22.7 Å². The van der Waals surface area contributed by atoms with E-state index < -0.39 is 0 Å². The van der Waals surface area contributed by atoms with Gasteiger partial charge in [0.25, 0.3) is 0 Å². The van der Waals surface area contributed by atoms with E-state index in [1.807, 2.05) is 12.1 Å². The maximum absolute atomic E-state index is 9.39. The van der Waals surface area contributed by atoms with Crippen LogP contribution in [-0.4, -0.2) is 42.7 Å². The number of aliphatic hydroxyl groups is 1. The topological polar surface area (TPSA) is 26.7 Å². The summed E-state index contributed by atoms with van der Waals surface area (Å²) in [6, 6.07) is 6.08. The molecule has 3 nitrogen and oxygen atoms in total. The van der Waals surface area contributed by atoms with E-state index in [4.69, 9.17) is 0 Å². The summed E-state index contributed by atoms with van der Waals surface area (Å²) in [4.78, 5) is 4.82. The summed E-state index contributed by atoms with van der Waals surface area (Å²) >= 11 is 3.50. The predicted octanol–water partition coefficient (Wildman–Crippen LogP) is 2.08. The molecule has 1 saturated heterocycles. The number of hydrogen-bond acceptors (Lipinski definition) is 3. The smallest absolute Gasteiger partial charge is 0.0702 e. The molecule has 1 fully saturated rings. The van der Waals surface area contributed by atoms with Crippen LogP contribution in [0.25, 0.3) is 0 Å². The Hall–Kier alpha value is -0.580. The Morgan fingerprint density at radius 1 is 1.24 bits per heavy atom. The number of benzene rings is 1. The third-order valence-corrected chi connectivity index (χ3v) is 3.87. The molecule has 0 amide bonds. The lowest BCUT2D eigenvalue weighted by molar-refractivity contribution is 0.267. The van der Waals surface area contributed by atoms with E-state index in [1.54, 1.807) is 0 Å².